The van der Waals surface area contributed by atoms with Crippen molar-refractivity contribution in [3.63, 3.8) is 0 Å². The zero-order valence-electron chi connectivity index (χ0n) is 27.3. The zero-order chi connectivity index (χ0) is 32.8. The van der Waals surface area contributed by atoms with E-state index in [0.717, 1.165) is 27.8 Å². The van der Waals surface area contributed by atoms with Crippen molar-refractivity contribution in [3.8, 4) is 0 Å². The molecule has 0 aliphatic carbocycles. The summed E-state index contributed by atoms with van der Waals surface area (Å²) in [7, 11) is 0. The van der Waals surface area contributed by atoms with E-state index in [1.165, 1.54) is 0 Å². The fraction of sp³-hybridized carbons (Fsp3) is 0.286. The first-order valence-electron chi connectivity index (χ1n) is 16.8. The van der Waals surface area contributed by atoms with E-state index in [2.05, 4.69) is 53.4 Å². The molecule has 0 amide bonds. The minimum absolute atomic E-state index is 0.252. The molecule has 5 aromatic carbocycles. The van der Waals surface area contributed by atoms with Gasteiger partial charge in [0.2, 0.25) is 0 Å². The first-order valence-corrected chi connectivity index (χ1v) is 16.8. The summed E-state index contributed by atoms with van der Waals surface area (Å²) in [6.45, 7) is 2.90. The van der Waals surface area contributed by atoms with Gasteiger partial charge >= 0.3 is 0 Å². The molecule has 1 fully saturated rings. The standard InChI is InChI=1S/C42H45NO5/c44-39-27-43(26-33-16-6-1-7-17-33)38(32-45-28-34-18-8-2-9-19-34)40(46-29-35-20-10-3-11-21-35)42(48-31-37-24-14-5-15-25-37)41(39)47-30-36-22-12-4-13-23-36/h1-25,38-42,44H,26-32H2/t38-,39-,40-,41-,42+/m1/s1. The highest BCUT2D eigenvalue weighted by Gasteiger charge is 2.47. The summed E-state index contributed by atoms with van der Waals surface area (Å²) in [5.74, 6) is 0. The van der Waals surface area contributed by atoms with Crippen LogP contribution < -0.4 is 0 Å². The quantitative estimate of drug-likeness (QED) is 0.130. The van der Waals surface area contributed by atoms with Crippen LogP contribution in [0.15, 0.2) is 152 Å². The molecule has 6 nitrogen and oxygen atoms in total. The largest absolute Gasteiger partial charge is 0.389 e. The monoisotopic (exact) mass is 643 g/mol. The van der Waals surface area contributed by atoms with Gasteiger partial charge in [-0.05, 0) is 27.8 Å². The third-order valence-electron chi connectivity index (χ3n) is 8.78. The molecule has 6 heteroatoms. The highest BCUT2D eigenvalue weighted by molar-refractivity contribution is 5.18. The normalized spacial score (nSPS) is 21.5. The number of β-amino-alcohol motifs (C(OH)–C–C–N with tert-alkyl or cyclic N) is 1. The predicted octanol–water partition coefficient (Wildman–Crippen LogP) is 7.20. The highest BCUT2D eigenvalue weighted by Crippen LogP contribution is 2.30. The van der Waals surface area contributed by atoms with Crippen LogP contribution >= 0.6 is 0 Å². The molecule has 1 aliphatic rings. The Morgan fingerprint density at radius 1 is 0.458 bits per heavy atom. The van der Waals surface area contributed by atoms with Gasteiger partial charge in [-0.3, -0.25) is 4.90 Å². The number of hydrogen-bond donors (Lipinski definition) is 1. The Morgan fingerprint density at radius 3 is 1.29 bits per heavy atom. The molecular formula is C42H45NO5. The van der Waals surface area contributed by atoms with Gasteiger partial charge in [-0.2, -0.15) is 0 Å². The van der Waals surface area contributed by atoms with Crippen LogP contribution in [-0.4, -0.2) is 53.6 Å². The number of rotatable bonds is 15. The number of aliphatic hydroxyl groups is 1. The van der Waals surface area contributed by atoms with Crippen molar-refractivity contribution in [2.45, 2.75) is 63.4 Å². The summed E-state index contributed by atoms with van der Waals surface area (Å²) in [5.41, 5.74) is 5.37. The Morgan fingerprint density at radius 2 is 0.833 bits per heavy atom. The Kier molecular flexibility index (Phi) is 12.6. The van der Waals surface area contributed by atoms with Gasteiger partial charge in [0, 0.05) is 13.1 Å². The molecule has 1 aliphatic heterocycles. The summed E-state index contributed by atoms with van der Waals surface area (Å²) in [5, 5.41) is 12.0. The van der Waals surface area contributed by atoms with Crippen molar-refractivity contribution in [2.75, 3.05) is 13.2 Å². The van der Waals surface area contributed by atoms with E-state index in [9.17, 15) is 5.11 Å². The van der Waals surface area contributed by atoms with Gasteiger partial charge in [0.15, 0.2) is 0 Å². The molecule has 6 rings (SSSR count). The second-order valence-corrected chi connectivity index (χ2v) is 12.3. The van der Waals surface area contributed by atoms with Crippen LogP contribution in [0.5, 0.6) is 0 Å². The highest BCUT2D eigenvalue weighted by atomic mass is 16.6. The fourth-order valence-corrected chi connectivity index (χ4v) is 6.29. The zero-order valence-corrected chi connectivity index (χ0v) is 27.3. The summed E-state index contributed by atoms with van der Waals surface area (Å²) >= 11 is 0. The summed E-state index contributed by atoms with van der Waals surface area (Å²) in [6, 6.07) is 50.7. The molecule has 0 bridgehead atoms. The maximum Gasteiger partial charge on any atom is 0.114 e. The lowest BCUT2D eigenvalue weighted by atomic mass is 9.99. The van der Waals surface area contributed by atoms with Crippen LogP contribution in [-0.2, 0) is 51.9 Å². The van der Waals surface area contributed by atoms with E-state index in [-0.39, 0.29) is 6.04 Å². The van der Waals surface area contributed by atoms with Crippen molar-refractivity contribution in [3.05, 3.63) is 179 Å². The van der Waals surface area contributed by atoms with Gasteiger partial charge in [0.05, 0.1) is 45.2 Å². The van der Waals surface area contributed by atoms with Gasteiger partial charge < -0.3 is 24.1 Å². The number of nitrogens with zero attached hydrogens (tertiary/aromatic N) is 1. The van der Waals surface area contributed by atoms with Crippen LogP contribution in [0.4, 0.5) is 0 Å². The lowest BCUT2D eigenvalue weighted by Crippen LogP contribution is -2.53. The first-order chi connectivity index (χ1) is 23.7. The fourth-order valence-electron chi connectivity index (χ4n) is 6.29. The predicted molar refractivity (Wildman–Crippen MR) is 188 cm³/mol. The van der Waals surface area contributed by atoms with Gasteiger partial charge in [0.25, 0.3) is 0 Å². The molecule has 5 atom stereocenters. The third kappa shape index (κ3) is 9.70. The molecule has 0 saturated carbocycles. The summed E-state index contributed by atoms with van der Waals surface area (Å²) in [6.07, 6.45) is -2.60. The van der Waals surface area contributed by atoms with Crippen LogP contribution in [0.3, 0.4) is 0 Å². The van der Waals surface area contributed by atoms with E-state index in [0.29, 0.717) is 46.1 Å². The average Bonchev–Trinajstić information content (AvgIpc) is 3.24. The van der Waals surface area contributed by atoms with Crippen LogP contribution in [0.1, 0.15) is 27.8 Å². The van der Waals surface area contributed by atoms with E-state index < -0.39 is 24.4 Å². The van der Waals surface area contributed by atoms with Gasteiger partial charge in [0.1, 0.15) is 18.3 Å². The number of aliphatic hydroxyl groups excluding tert-OH is 1. The minimum Gasteiger partial charge on any atom is -0.389 e. The van der Waals surface area contributed by atoms with Crippen LogP contribution in [0.2, 0.25) is 0 Å². The molecular weight excluding hydrogens is 598 g/mol. The Bertz CT molecular complexity index is 1590. The Balaban J connectivity index is 1.36. The molecule has 0 radical (unpaired) electrons. The molecule has 0 unspecified atom stereocenters. The van der Waals surface area contributed by atoms with Crippen molar-refractivity contribution in [1.82, 2.24) is 4.90 Å². The molecule has 248 valence electrons. The van der Waals surface area contributed by atoms with Gasteiger partial charge in [-0.1, -0.05) is 152 Å². The summed E-state index contributed by atoms with van der Waals surface area (Å²) in [4.78, 5) is 2.28. The number of likely N-dealkylation sites (tertiary alicyclic amines) is 1. The lowest BCUT2D eigenvalue weighted by molar-refractivity contribution is -0.179. The topological polar surface area (TPSA) is 60.4 Å². The van der Waals surface area contributed by atoms with Crippen LogP contribution in [0.25, 0.3) is 0 Å². The first kappa shape index (κ1) is 33.7. The van der Waals surface area contributed by atoms with Crippen molar-refractivity contribution >= 4 is 0 Å². The van der Waals surface area contributed by atoms with Gasteiger partial charge in [-0.15, -0.1) is 0 Å². The second-order valence-electron chi connectivity index (χ2n) is 12.3. The molecule has 0 aromatic heterocycles. The van der Waals surface area contributed by atoms with Crippen molar-refractivity contribution in [1.29, 1.82) is 0 Å². The Labute approximate surface area is 284 Å². The van der Waals surface area contributed by atoms with Gasteiger partial charge in [-0.25, -0.2) is 0 Å². The van der Waals surface area contributed by atoms with Crippen molar-refractivity contribution < 1.29 is 24.1 Å². The maximum absolute atomic E-state index is 12.0. The minimum atomic E-state index is -0.847. The van der Waals surface area contributed by atoms with E-state index >= 15 is 0 Å². The number of hydrogen-bond acceptors (Lipinski definition) is 6. The van der Waals surface area contributed by atoms with E-state index in [4.69, 9.17) is 18.9 Å². The Hall–Kier alpha value is -4.14. The average molecular weight is 644 g/mol. The molecule has 48 heavy (non-hydrogen) atoms. The number of ether oxygens (including phenoxy) is 4. The van der Waals surface area contributed by atoms with Crippen LogP contribution in [0, 0.1) is 0 Å². The third-order valence-corrected chi connectivity index (χ3v) is 8.78. The SMILES string of the molecule is O[C@@H]1CN(Cc2ccccc2)[C@H](COCc2ccccc2)[C@@H](OCc2ccccc2)[C@H](OCc2ccccc2)[C@@H]1OCc1ccccc1. The molecule has 5 aromatic rings. The van der Waals surface area contributed by atoms with Crippen molar-refractivity contribution in [2.24, 2.45) is 0 Å². The smallest absolute Gasteiger partial charge is 0.114 e. The molecule has 0 spiro atoms. The second kappa shape index (κ2) is 17.9. The lowest BCUT2D eigenvalue weighted by Gasteiger charge is -2.38. The molecule has 1 heterocycles. The maximum atomic E-state index is 12.0. The molecule has 1 saturated heterocycles. The number of benzene rings is 5. The van der Waals surface area contributed by atoms with E-state index in [1.807, 2.05) is 103 Å². The van der Waals surface area contributed by atoms with E-state index in [1.54, 1.807) is 0 Å². The molecule has 1 N–H and O–H groups in total. The summed E-state index contributed by atoms with van der Waals surface area (Å²) < 4.78 is 26.9.